The first-order valence-electron chi connectivity index (χ1n) is 6.84. The lowest BCUT2D eigenvalue weighted by Gasteiger charge is -2.19. The van der Waals surface area contributed by atoms with Crippen LogP contribution >= 0.6 is 0 Å². The predicted octanol–water partition coefficient (Wildman–Crippen LogP) is 3.73. The van der Waals surface area contributed by atoms with E-state index in [2.05, 4.69) is 24.4 Å². The average Bonchev–Trinajstić information content (AvgIpc) is 2.49. The molecular weight excluding hydrogens is 253 g/mol. The van der Waals surface area contributed by atoms with Crippen molar-refractivity contribution in [2.24, 2.45) is 0 Å². The first kappa shape index (κ1) is 14.5. The van der Waals surface area contributed by atoms with Crippen LogP contribution in [0.3, 0.4) is 0 Å². The molecule has 0 saturated heterocycles. The zero-order valence-corrected chi connectivity index (χ0v) is 11.9. The molecule has 106 valence electrons. The van der Waals surface area contributed by atoms with Crippen LogP contribution in [0.15, 0.2) is 48.5 Å². The average molecular weight is 273 g/mol. The molecule has 0 amide bonds. The molecule has 0 fully saturated rings. The predicted molar refractivity (Wildman–Crippen MR) is 79.5 cm³/mol. The molecule has 20 heavy (non-hydrogen) atoms. The van der Waals surface area contributed by atoms with Gasteiger partial charge < -0.3 is 10.1 Å². The fourth-order valence-electron chi connectivity index (χ4n) is 2.25. The van der Waals surface area contributed by atoms with Gasteiger partial charge in [0.1, 0.15) is 11.6 Å². The van der Waals surface area contributed by atoms with Crippen molar-refractivity contribution in [3.05, 3.63) is 65.5 Å². The maximum Gasteiger partial charge on any atom is 0.123 e. The normalized spacial score (nSPS) is 12.2. The summed E-state index contributed by atoms with van der Waals surface area (Å²) in [6.07, 6.45) is 0.834. The van der Waals surface area contributed by atoms with Gasteiger partial charge in [-0.1, -0.05) is 31.2 Å². The smallest absolute Gasteiger partial charge is 0.123 e. The Hall–Kier alpha value is -1.87. The molecule has 0 aliphatic carbocycles. The highest BCUT2D eigenvalue weighted by atomic mass is 19.1. The van der Waals surface area contributed by atoms with Crippen molar-refractivity contribution in [2.75, 3.05) is 13.7 Å². The molecule has 0 heterocycles. The van der Waals surface area contributed by atoms with Gasteiger partial charge in [-0.2, -0.15) is 0 Å². The van der Waals surface area contributed by atoms with Crippen molar-refractivity contribution >= 4 is 0 Å². The minimum atomic E-state index is -0.196. The van der Waals surface area contributed by atoms with Crippen LogP contribution in [0.5, 0.6) is 5.75 Å². The number of likely N-dealkylation sites (N-methyl/N-ethyl adjacent to an activating group) is 1. The molecule has 0 radical (unpaired) electrons. The van der Waals surface area contributed by atoms with Crippen LogP contribution in [0.25, 0.3) is 0 Å². The molecular formula is C17H20FNO. The minimum absolute atomic E-state index is 0.196. The van der Waals surface area contributed by atoms with Gasteiger partial charge in [-0.05, 0) is 48.4 Å². The number of benzene rings is 2. The van der Waals surface area contributed by atoms with Crippen LogP contribution in [-0.4, -0.2) is 13.7 Å². The van der Waals surface area contributed by atoms with Crippen LogP contribution in [-0.2, 0) is 6.42 Å². The van der Waals surface area contributed by atoms with Crippen molar-refractivity contribution in [2.45, 2.75) is 19.4 Å². The molecule has 0 saturated carbocycles. The third-order valence-electron chi connectivity index (χ3n) is 3.32. The van der Waals surface area contributed by atoms with Gasteiger partial charge in [-0.25, -0.2) is 4.39 Å². The molecule has 1 atom stereocenters. The Morgan fingerprint density at radius 1 is 1.05 bits per heavy atom. The second kappa shape index (κ2) is 7.06. The lowest BCUT2D eigenvalue weighted by atomic mass is 9.98. The molecule has 0 aromatic heterocycles. The number of rotatable bonds is 6. The summed E-state index contributed by atoms with van der Waals surface area (Å²) >= 11 is 0. The number of halogens is 1. The summed E-state index contributed by atoms with van der Waals surface area (Å²) in [6, 6.07) is 15.0. The molecule has 1 N–H and O–H groups in total. The van der Waals surface area contributed by atoms with Gasteiger partial charge in [0.2, 0.25) is 0 Å². The Balaban J connectivity index is 2.14. The standard InChI is InChI=1S/C17H20FNO/c1-3-19-17(12-13-4-8-15(18)9-5-13)14-6-10-16(20-2)11-7-14/h4-11,17,19H,3,12H2,1-2H3. The number of hydrogen-bond acceptors (Lipinski definition) is 2. The molecule has 0 spiro atoms. The molecule has 1 unspecified atom stereocenters. The lowest BCUT2D eigenvalue weighted by molar-refractivity contribution is 0.414. The van der Waals surface area contributed by atoms with Crippen LogP contribution in [0.1, 0.15) is 24.1 Å². The zero-order valence-electron chi connectivity index (χ0n) is 11.9. The van der Waals surface area contributed by atoms with Gasteiger partial charge in [-0.3, -0.25) is 0 Å². The van der Waals surface area contributed by atoms with E-state index < -0.39 is 0 Å². The summed E-state index contributed by atoms with van der Waals surface area (Å²) in [6.45, 7) is 2.97. The van der Waals surface area contributed by atoms with E-state index in [1.165, 1.54) is 17.7 Å². The third kappa shape index (κ3) is 3.81. The van der Waals surface area contributed by atoms with Gasteiger partial charge in [0, 0.05) is 6.04 Å². The van der Waals surface area contributed by atoms with Gasteiger partial charge in [0.15, 0.2) is 0 Å². The Kier molecular flexibility index (Phi) is 5.13. The van der Waals surface area contributed by atoms with Crippen molar-refractivity contribution in [1.82, 2.24) is 5.32 Å². The highest BCUT2D eigenvalue weighted by Gasteiger charge is 2.11. The Bertz CT molecular complexity index is 522. The largest absolute Gasteiger partial charge is 0.497 e. The second-order valence-electron chi connectivity index (χ2n) is 4.71. The molecule has 0 aliphatic heterocycles. The molecule has 2 aromatic carbocycles. The molecule has 0 aliphatic rings. The van der Waals surface area contributed by atoms with Crippen molar-refractivity contribution in [1.29, 1.82) is 0 Å². The Morgan fingerprint density at radius 2 is 1.70 bits per heavy atom. The SMILES string of the molecule is CCNC(Cc1ccc(F)cc1)c1ccc(OC)cc1. The van der Waals surface area contributed by atoms with E-state index in [0.717, 1.165) is 24.3 Å². The highest BCUT2D eigenvalue weighted by Crippen LogP contribution is 2.21. The lowest BCUT2D eigenvalue weighted by Crippen LogP contribution is -2.22. The maximum atomic E-state index is 12.9. The van der Waals surface area contributed by atoms with Crippen molar-refractivity contribution in [3.63, 3.8) is 0 Å². The third-order valence-corrected chi connectivity index (χ3v) is 3.32. The van der Waals surface area contributed by atoms with Gasteiger partial charge >= 0.3 is 0 Å². The summed E-state index contributed by atoms with van der Waals surface area (Å²) in [5.41, 5.74) is 2.32. The monoisotopic (exact) mass is 273 g/mol. The number of nitrogens with one attached hydrogen (secondary N) is 1. The van der Waals surface area contributed by atoms with E-state index in [1.807, 2.05) is 24.3 Å². The minimum Gasteiger partial charge on any atom is -0.497 e. The molecule has 2 aromatic rings. The number of ether oxygens (including phenoxy) is 1. The van der Waals surface area contributed by atoms with Gasteiger partial charge in [0.25, 0.3) is 0 Å². The Morgan fingerprint density at radius 3 is 2.25 bits per heavy atom. The molecule has 0 bridgehead atoms. The van der Waals surface area contributed by atoms with E-state index in [1.54, 1.807) is 7.11 Å². The van der Waals surface area contributed by atoms with Crippen LogP contribution in [0, 0.1) is 5.82 Å². The molecule has 3 heteroatoms. The van der Waals surface area contributed by atoms with E-state index in [4.69, 9.17) is 4.74 Å². The van der Waals surface area contributed by atoms with Crippen LogP contribution < -0.4 is 10.1 Å². The van der Waals surface area contributed by atoms with E-state index in [-0.39, 0.29) is 11.9 Å². The van der Waals surface area contributed by atoms with E-state index in [0.29, 0.717) is 0 Å². The number of methoxy groups -OCH3 is 1. The highest BCUT2D eigenvalue weighted by molar-refractivity contribution is 5.30. The topological polar surface area (TPSA) is 21.3 Å². The summed E-state index contributed by atoms with van der Waals surface area (Å²) in [5.74, 6) is 0.656. The van der Waals surface area contributed by atoms with Gasteiger partial charge in [0.05, 0.1) is 7.11 Å². The van der Waals surface area contributed by atoms with Crippen LogP contribution in [0.4, 0.5) is 4.39 Å². The summed E-state index contributed by atoms with van der Waals surface area (Å²) in [5, 5.41) is 3.46. The van der Waals surface area contributed by atoms with E-state index in [9.17, 15) is 4.39 Å². The summed E-state index contributed by atoms with van der Waals surface area (Å²) in [4.78, 5) is 0. The second-order valence-corrected chi connectivity index (χ2v) is 4.71. The number of hydrogen-bond donors (Lipinski definition) is 1. The first-order valence-corrected chi connectivity index (χ1v) is 6.84. The fraction of sp³-hybridized carbons (Fsp3) is 0.294. The van der Waals surface area contributed by atoms with E-state index >= 15 is 0 Å². The first-order chi connectivity index (χ1) is 9.72. The summed E-state index contributed by atoms with van der Waals surface area (Å²) in [7, 11) is 1.66. The molecule has 2 nitrogen and oxygen atoms in total. The van der Waals surface area contributed by atoms with Crippen LogP contribution in [0.2, 0.25) is 0 Å². The quantitative estimate of drug-likeness (QED) is 0.866. The van der Waals surface area contributed by atoms with Crippen molar-refractivity contribution in [3.8, 4) is 5.75 Å². The molecule has 2 rings (SSSR count). The fourth-order valence-corrected chi connectivity index (χ4v) is 2.25. The Labute approximate surface area is 119 Å². The van der Waals surface area contributed by atoms with Crippen molar-refractivity contribution < 1.29 is 9.13 Å². The zero-order chi connectivity index (χ0) is 14.4. The van der Waals surface area contributed by atoms with Gasteiger partial charge in [-0.15, -0.1) is 0 Å². The maximum absolute atomic E-state index is 12.9. The summed E-state index contributed by atoms with van der Waals surface area (Å²) < 4.78 is 18.1.